The lowest BCUT2D eigenvalue weighted by Gasteiger charge is -2.21. The molecule has 0 aromatic rings. The zero-order chi connectivity index (χ0) is 69.1. The van der Waals surface area contributed by atoms with Gasteiger partial charge in [0.2, 0.25) is 0 Å². The van der Waals surface area contributed by atoms with Crippen LogP contribution < -0.4 is 0 Å². The van der Waals surface area contributed by atoms with E-state index in [4.69, 9.17) is 37.0 Å². The normalized spacial score (nSPS) is 14.3. The first-order valence-electron chi connectivity index (χ1n) is 39.2. The molecule has 0 aromatic heterocycles. The van der Waals surface area contributed by atoms with Crippen LogP contribution in [0.15, 0.2) is 0 Å². The van der Waals surface area contributed by atoms with Crippen LogP contribution in [-0.2, 0) is 65.4 Å². The number of hydrogen-bond donors (Lipinski definition) is 3. The summed E-state index contributed by atoms with van der Waals surface area (Å²) in [4.78, 5) is 72.4. The van der Waals surface area contributed by atoms with Gasteiger partial charge in [0, 0.05) is 25.7 Å². The van der Waals surface area contributed by atoms with Crippen molar-refractivity contribution in [2.75, 3.05) is 39.6 Å². The van der Waals surface area contributed by atoms with Crippen molar-refractivity contribution in [3.8, 4) is 0 Å². The maximum Gasteiger partial charge on any atom is 0.472 e. The summed E-state index contributed by atoms with van der Waals surface area (Å²) in [7, 11) is -9.89. The predicted octanol–water partition coefficient (Wildman–Crippen LogP) is 22.1. The first-order chi connectivity index (χ1) is 45.6. The van der Waals surface area contributed by atoms with Gasteiger partial charge in [-0.25, -0.2) is 9.13 Å². The van der Waals surface area contributed by atoms with Gasteiger partial charge in [0.1, 0.15) is 19.3 Å². The van der Waals surface area contributed by atoms with Gasteiger partial charge in [-0.1, -0.05) is 343 Å². The van der Waals surface area contributed by atoms with Crippen LogP contribution in [0.5, 0.6) is 0 Å². The summed E-state index contributed by atoms with van der Waals surface area (Å²) < 4.78 is 68.2. The molecule has 0 fully saturated rings. The highest BCUT2D eigenvalue weighted by Gasteiger charge is 2.30. The number of esters is 4. The summed E-state index contributed by atoms with van der Waals surface area (Å²) in [6.45, 7) is 7.26. The Hall–Kier alpha value is -1.94. The average molecular weight is 1380 g/mol. The van der Waals surface area contributed by atoms with Crippen molar-refractivity contribution in [2.45, 2.75) is 412 Å². The minimum atomic E-state index is -4.95. The van der Waals surface area contributed by atoms with Gasteiger partial charge in [-0.05, 0) is 31.6 Å². The van der Waals surface area contributed by atoms with Crippen molar-refractivity contribution in [2.24, 2.45) is 5.92 Å². The fourth-order valence-electron chi connectivity index (χ4n) is 11.5. The number of rotatable bonds is 75. The molecule has 558 valence electrons. The highest BCUT2D eigenvalue weighted by molar-refractivity contribution is 7.47. The van der Waals surface area contributed by atoms with E-state index in [0.29, 0.717) is 25.7 Å². The SMILES string of the molecule is CCCCCCCCCCCCCCCCCCC(=O)OC[C@H](COP(=O)(O)OC[C@@H](O)COP(=O)(O)OC[C@@H](COC(=O)CCCCCCC)OC(=O)CCCCCCCCCCCCC)OC(=O)CCCCCCCCCCCCCCCCCCCCC(C)CC. The quantitative estimate of drug-likeness (QED) is 0.0222. The van der Waals surface area contributed by atoms with Crippen LogP contribution in [0.1, 0.15) is 394 Å². The maximum absolute atomic E-state index is 13.1. The van der Waals surface area contributed by atoms with Crippen LogP contribution in [0.25, 0.3) is 0 Å². The standard InChI is InChI=1S/C75H146O17P2/c1-6-10-13-16-18-20-22-23-24-30-33-37-40-44-49-54-59-73(78)86-65-71(92-75(80)61-56-51-46-42-38-34-31-28-26-25-27-29-32-36-39-43-48-52-57-68(5)9-4)67-90-94(83,84)88-63-69(76)62-87-93(81,82)89-66-70(64-85-72(77)58-53-47-15-12-8-3)91-74(79)60-55-50-45-41-35-21-19-17-14-11-7-2/h68-71,76H,6-67H2,1-5H3,(H,81,82)(H,83,84)/t68?,69-,70+,71+/m0/s1. The highest BCUT2D eigenvalue weighted by Crippen LogP contribution is 2.45. The molecule has 6 atom stereocenters. The van der Waals surface area contributed by atoms with Gasteiger partial charge in [0.25, 0.3) is 0 Å². The molecule has 0 aliphatic rings. The molecule has 0 heterocycles. The van der Waals surface area contributed by atoms with E-state index < -0.39 is 97.5 Å². The van der Waals surface area contributed by atoms with Crippen LogP contribution in [0.4, 0.5) is 0 Å². The Balaban J connectivity index is 5.11. The van der Waals surface area contributed by atoms with Crippen molar-refractivity contribution in [3.63, 3.8) is 0 Å². The number of carbonyl (C=O) groups excluding carboxylic acids is 4. The van der Waals surface area contributed by atoms with Crippen LogP contribution in [-0.4, -0.2) is 96.7 Å². The first-order valence-corrected chi connectivity index (χ1v) is 42.2. The summed E-state index contributed by atoms with van der Waals surface area (Å²) in [5.41, 5.74) is 0. The molecule has 0 saturated carbocycles. The number of phosphoric acid groups is 2. The van der Waals surface area contributed by atoms with Gasteiger partial charge in [0.15, 0.2) is 12.2 Å². The predicted molar refractivity (Wildman–Crippen MR) is 382 cm³/mol. The molecule has 0 spiro atoms. The van der Waals surface area contributed by atoms with Crippen molar-refractivity contribution < 1.29 is 80.2 Å². The first kappa shape index (κ1) is 92.1. The molecular weight excluding hydrogens is 1230 g/mol. The van der Waals surface area contributed by atoms with E-state index >= 15 is 0 Å². The summed E-state index contributed by atoms with van der Waals surface area (Å²) in [6, 6.07) is 0. The van der Waals surface area contributed by atoms with Gasteiger partial charge in [0.05, 0.1) is 26.4 Å². The summed E-state index contributed by atoms with van der Waals surface area (Å²) >= 11 is 0. The minimum Gasteiger partial charge on any atom is -0.462 e. The molecule has 17 nitrogen and oxygen atoms in total. The van der Waals surface area contributed by atoms with E-state index in [9.17, 15) is 43.2 Å². The maximum atomic E-state index is 13.1. The monoisotopic (exact) mass is 1380 g/mol. The van der Waals surface area contributed by atoms with E-state index in [-0.39, 0.29) is 25.7 Å². The van der Waals surface area contributed by atoms with Crippen molar-refractivity contribution in [1.29, 1.82) is 0 Å². The second-order valence-electron chi connectivity index (χ2n) is 27.3. The van der Waals surface area contributed by atoms with Gasteiger partial charge in [-0.3, -0.25) is 37.3 Å². The van der Waals surface area contributed by atoms with Gasteiger partial charge in [-0.2, -0.15) is 0 Å². The third-order valence-electron chi connectivity index (χ3n) is 17.9. The summed E-state index contributed by atoms with van der Waals surface area (Å²) in [6.07, 6.45) is 57.3. The molecule has 19 heteroatoms. The fourth-order valence-corrected chi connectivity index (χ4v) is 13.1. The van der Waals surface area contributed by atoms with Crippen molar-refractivity contribution >= 4 is 39.5 Å². The number of aliphatic hydroxyl groups is 1. The summed E-state index contributed by atoms with van der Waals surface area (Å²) in [5, 5.41) is 10.6. The lowest BCUT2D eigenvalue weighted by molar-refractivity contribution is -0.161. The third-order valence-corrected chi connectivity index (χ3v) is 19.8. The van der Waals surface area contributed by atoms with Gasteiger partial charge in [-0.15, -0.1) is 0 Å². The Morgan fingerprint density at radius 1 is 0.298 bits per heavy atom. The van der Waals surface area contributed by atoms with E-state index in [0.717, 1.165) is 102 Å². The molecule has 94 heavy (non-hydrogen) atoms. The molecule has 0 aromatic carbocycles. The number of carbonyl (C=O) groups is 4. The lowest BCUT2D eigenvalue weighted by Crippen LogP contribution is -2.30. The topological polar surface area (TPSA) is 237 Å². The van der Waals surface area contributed by atoms with Crippen molar-refractivity contribution in [3.05, 3.63) is 0 Å². The molecule has 0 rings (SSSR count). The minimum absolute atomic E-state index is 0.106. The van der Waals surface area contributed by atoms with Crippen LogP contribution in [0.2, 0.25) is 0 Å². The Kier molecular flexibility index (Phi) is 66.8. The van der Waals surface area contributed by atoms with Gasteiger partial charge < -0.3 is 33.8 Å². The third kappa shape index (κ3) is 67.3. The molecule has 0 radical (unpaired) electrons. The molecule has 0 saturated heterocycles. The molecule has 3 unspecified atom stereocenters. The molecule has 0 amide bonds. The lowest BCUT2D eigenvalue weighted by atomic mass is 9.99. The summed E-state index contributed by atoms with van der Waals surface area (Å²) in [5.74, 6) is -1.26. The number of aliphatic hydroxyl groups excluding tert-OH is 1. The van der Waals surface area contributed by atoms with E-state index in [1.807, 2.05) is 0 Å². The second kappa shape index (κ2) is 68.2. The van der Waals surface area contributed by atoms with Crippen LogP contribution in [0.3, 0.4) is 0 Å². The number of unbranched alkanes of at least 4 members (excludes halogenated alkanes) is 46. The smallest absolute Gasteiger partial charge is 0.462 e. The number of ether oxygens (including phenoxy) is 4. The largest absolute Gasteiger partial charge is 0.472 e. The zero-order valence-corrected chi connectivity index (χ0v) is 62.9. The van der Waals surface area contributed by atoms with Crippen molar-refractivity contribution in [1.82, 2.24) is 0 Å². The second-order valence-corrected chi connectivity index (χ2v) is 30.2. The zero-order valence-electron chi connectivity index (χ0n) is 61.1. The molecule has 0 aliphatic heterocycles. The van der Waals surface area contributed by atoms with E-state index in [1.54, 1.807) is 0 Å². The molecule has 3 N–H and O–H groups in total. The Labute approximate surface area is 575 Å². The van der Waals surface area contributed by atoms with Crippen LogP contribution in [0, 0.1) is 5.92 Å². The Morgan fingerprint density at radius 2 is 0.511 bits per heavy atom. The number of phosphoric ester groups is 2. The Morgan fingerprint density at radius 3 is 0.755 bits per heavy atom. The van der Waals surface area contributed by atoms with Gasteiger partial charge >= 0.3 is 39.5 Å². The van der Waals surface area contributed by atoms with E-state index in [2.05, 4.69) is 34.6 Å². The average Bonchev–Trinajstić information content (AvgIpc) is 1.71. The Bertz CT molecular complexity index is 1810. The number of hydrogen-bond acceptors (Lipinski definition) is 15. The van der Waals surface area contributed by atoms with E-state index in [1.165, 1.54) is 212 Å². The molecule has 0 bridgehead atoms. The fraction of sp³-hybridized carbons (Fsp3) is 0.947. The van der Waals surface area contributed by atoms with Crippen LogP contribution >= 0.6 is 15.6 Å². The molecular formula is C75H146O17P2. The molecule has 0 aliphatic carbocycles. The highest BCUT2D eigenvalue weighted by atomic mass is 31.2.